The van der Waals surface area contributed by atoms with E-state index in [2.05, 4.69) is 31.5 Å². The van der Waals surface area contributed by atoms with E-state index in [-0.39, 0.29) is 0 Å². The third-order valence-electron chi connectivity index (χ3n) is 3.69. The highest BCUT2D eigenvalue weighted by Gasteiger charge is 2.15. The normalized spacial score (nSPS) is 19.9. The summed E-state index contributed by atoms with van der Waals surface area (Å²) in [6.45, 7) is 1.76. The first-order chi connectivity index (χ1) is 9.24. The number of ether oxygens (including phenoxy) is 1. The Morgan fingerprint density at radius 3 is 3.11 bits per heavy atom. The maximum Gasteiger partial charge on any atom is 0.201 e. The van der Waals surface area contributed by atoms with E-state index < -0.39 is 0 Å². The summed E-state index contributed by atoms with van der Waals surface area (Å²) in [7, 11) is 0. The maximum atomic E-state index is 6.01. The molecule has 3 rings (SSSR count). The van der Waals surface area contributed by atoms with Crippen LogP contribution >= 0.6 is 15.9 Å². The van der Waals surface area contributed by atoms with Gasteiger partial charge in [-0.25, -0.2) is 4.98 Å². The Bertz CT molecular complexity index is 575. The van der Waals surface area contributed by atoms with Gasteiger partial charge in [-0.3, -0.25) is 0 Å². The van der Waals surface area contributed by atoms with E-state index in [1.54, 1.807) is 0 Å². The van der Waals surface area contributed by atoms with E-state index >= 15 is 0 Å². The summed E-state index contributed by atoms with van der Waals surface area (Å²) >= 11 is 3.50. The van der Waals surface area contributed by atoms with Crippen LogP contribution in [0.5, 0.6) is 0 Å². The summed E-state index contributed by atoms with van der Waals surface area (Å²) in [4.78, 5) is 4.40. The van der Waals surface area contributed by atoms with Gasteiger partial charge >= 0.3 is 0 Å². The Morgan fingerprint density at radius 1 is 1.42 bits per heavy atom. The Balaban J connectivity index is 1.79. The lowest BCUT2D eigenvalue weighted by Crippen LogP contribution is -2.21. The van der Waals surface area contributed by atoms with Crippen molar-refractivity contribution in [3.05, 3.63) is 22.7 Å². The molecule has 1 aliphatic rings. The topological polar surface area (TPSA) is 53.1 Å². The van der Waals surface area contributed by atoms with Crippen LogP contribution in [-0.2, 0) is 11.3 Å². The van der Waals surface area contributed by atoms with E-state index in [0.717, 1.165) is 41.5 Å². The van der Waals surface area contributed by atoms with Crippen molar-refractivity contribution in [2.24, 2.45) is 0 Å². The summed E-state index contributed by atoms with van der Waals surface area (Å²) in [6.07, 6.45) is 5.01. The number of nitrogens with two attached hydrogens (primary N) is 1. The molecular weight excluding hydrogens is 306 g/mol. The van der Waals surface area contributed by atoms with Gasteiger partial charge in [-0.1, -0.05) is 15.9 Å². The molecule has 0 radical (unpaired) electrons. The fourth-order valence-electron chi connectivity index (χ4n) is 2.66. The second-order valence-corrected chi connectivity index (χ2v) is 5.95. The monoisotopic (exact) mass is 323 g/mol. The molecule has 0 aliphatic carbocycles. The van der Waals surface area contributed by atoms with E-state index in [9.17, 15) is 0 Å². The molecule has 1 aromatic carbocycles. The van der Waals surface area contributed by atoms with Gasteiger partial charge in [0.15, 0.2) is 0 Å². The van der Waals surface area contributed by atoms with Gasteiger partial charge < -0.3 is 15.0 Å². The lowest BCUT2D eigenvalue weighted by atomic mass is 10.1. The maximum absolute atomic E-state index is 6.01. The molecule has 5 heteroatoms. The van der Waals surface area contributed by atoms with Crippen LogP contribution in [0.1, 0.15) is 25.7 Å². The van der Waals surface area contributed by atoms with Crippen molar-refractivity contribution < 1.29 is 4.74 Å². The first kappa shape index (κ1) is 12.9. The number of aromatic nitrogens is 2. The SMILES string of the molecule is Nc1nc2ccc(Br)cc2n1CCC1CCCCO1. The Labute approximate surface area is 121 Å². The number of fused-ring (bicyclic) bond motifs is 1. The third-order valence-corrected chi connectivity index (χ3v) is 4.18. The Morgan fingerprint density at radius 2 is 2.32 bits per heavy atom. The van der Waals surface area contributed by atoms with Crippen molar-refractivity contribution in [1.29, 1.82) is 0 Å². The first-order valence-corrected chi connectivity index (χ1v) is 7.56. The van der Waals surface area contributed by atoms with Crippen LogP contribution < -0.4 is 5.73 Å². The van der Waals surface area contributed by atoms with Gasteiger partial charge in [0.2, 0.25) is 5.95 Å². The summed E-state index contributed by atoms with van der Waals surface area (Å²) < 4.78 is 8.90. The lowest BCUT2D eigenvalue weighted by Gasteiger charge is -2.22. The summed E-state index contributed by atoms with van der Waals surface area (Å²) in [5, 5.41) is 0. The number of nitrogens with zero attached hydrogens (tertiary/aromatic N) is 2. The second kappa shape index (κ2) is 5.51. The van der Waals surface area contributed by atoms with E-state index in [0.29, 0.717) is 12.1 Å². The van der Waals surface area contributed by atoms with Gasteiger partial charge in [-0.2, -0.15) is 0 Å². The highest BCUT2D eigenvalue weighted by Crippen LogP contribution is 2.24. The zero-order chi connectivity index (χ0) is 13.2. The van der Waals surface area contributed by atoms with Gasteiger partial charge in [0.05, 0.1) is 17.1 Å². The van der Waals surface area contributed by atoms with Crippen molar-refractivity contribution >= 4 is 32.9 Å². The number of hydrogen-bond acceptors (Lipinski definition) is 3. The minimum absolute atomic E-state index is 0.373. The van der Waals surface area contributed by atoms with Gasteiger partial charge in [0, 0.05) is 17.6 Å². The molecule has 2 aromatic rings. The van der Waals surface area contributed by atoms with Crippen LogP contribution in [0.2, 0.25) is 0 Å². The summed E-state index contributed by atoms with van der Waals surface area (Å²) in [6, 6.07) is 6.05. The number of aryl methyl sites for hydroxylation is 1. The molecular formula is C14H18BrN3O. The number of nitrogen functional groups attached to an aromatic ring is 1. The van der Waals surface area contributed by atoms with Crippen molar-refractivity contribution in [2.75, 3.05) is 12.3 Å². The van der Waals surface area contributed by atoms with Crippen LogP contribution in [0.4, 0.5) is 5.95 Å². The van der Waals surface area contributed by atoms with Crippen molar-refractivity contribution in [3.63, 3.8) is 0 Å². The zero-order valence-corrected chi connectivity index (χ0v) is 12.4. The molecule has 102 valence electrons. The molecule has 0 bridgehead atoms. The lowest BCUT2D eigenvalue weighted by molar-refractivity contribution is 0.00906. The Hall–Kier alpha value is -1.07. The van der Waals surface area contributed by atoms with Gasteiger partial charge in [0.25, 0.3) is 0 Å². The second-order valence-electron chi connectivity index (χ2n) is 5.03. The molecule has 1 aromatic heterocycles. The number of halogens is 1. The quantitative estimate of drug-likeness (QED) is 0.942. The molecule has 0 saturated carbocycles. The highest BCUT2D eigenvalue weighted by molar-refractivity contribution is 9.10. The molecule has 0 amide bonds. The fraction of sp³-hybridized carbons (Fsp3) is 0.500. The number of benzene rings is 1. The molecule has 0 spiro atoms. The number of rotatable bonds is 3. The largest absolute Gasteiger partial charge is 0.378 e. The zero-order valence-electron chi connectivity index (χ0n) is 10.8. The molecule has 2 N–H and O–H groups in total. The highest BCUT2D eigenvalue weighted by atomic mass is 79.9. The minimum Gasteiger partial charge on any atom is -0.378 e. The summed E-state index contributed by atoms with van der Waals surface area (Å²) in [5.41, 5.74) is 8.05. The van der Waals surface area contributed by atoms with E-state index in [1.807, 2.05) is 12.1 Å². The van der Waals surface area contributed by atoms with Gasteiger partial charge in [0.1, 0.15) is 0 Å². The number of anilines is 1. The van der Waals surface area contributed by atoms with Crippen LogP contribution in [0.3, 0.4) is 0 Å². The molecule has 1 atom stereocenters. The molecule has 4 nitrogen and oxygen atoms in total. The van der Waals surface area contributed by atoms with Gasteiger partial charge in [-0.05, 0) is 43.9 Å². The molecule has 1 saturated heterocycles. The Kier molecular flexibility index (Phi) is 3.75. The predicted molar refractivity (Wildman–Crippen MR) is 80.1 cm³/mol. The third kappa shape index (κ3) is 2.77. The van der Waals surface area contributed by atoms with Crippen LogP contribution in [0.25, 0.3) is 11.0 Å². The molecule has 1 unspecified atom stereocenters. The van der Waals surface area contributed by atoms with E-state index in [4.69, 9.17) is 10.5 Å². The minimum atomic E-state index is 0.373. The number of imidazole rings is 1. The van der Waals surface area contributed by atoms with Gasteiger partial charge in [-0.15, -0.1) is 0 Å². The standard InChI is InChI=1S/C14H18BrN3O/c15-10-4-5-12-13(9-10)18(14(16)17-12)7-6-11-3-1-2-8-19-11/h4-5,9,11H,1-3,6-8H2,(H2,16,17). The van der Waals surface area contributed by atoms with Crippen LogP contribution in [0.15, 0.2) is 22.7 Å². The van der Waals surface area contributed by atoms with Crippen molar-refractivity contribution in [1.82, 2.24) is 9.55 Å². The van der Waals surface area contributed by atoms with Crippen LogP contribution in [0, 0.1) is 0 Å². The number of hydrogen-bond donors (Lipinski definition) is 1. The average molecular weight is 324 g/mol. The molecule has 1 fully saturated rings. The predicted octanol–water partition coefficient (Wildman–Crippen LogP) is 3.34. The van der Waals surface area contributed by atoms with Crippen LogP contribution in [-0.4, -0.2) is 22.3 Å². The molecule has 2 heterocycles. The smallest absolute Gasteiger partial charge is 0.201 e. The van der Waals surface area contributed by atoms with Crippen molar-refractivity contribution in [3.8, 4) is 0 Å². The average Bonchev–Trinajstić information content (AvgIpc) is 2.73. The first-order valence-electron chi connectivity index (χ1n) is 6.77. The van der Waals surface area contributed by atoms with E-state index in [1.165, 1.54) is 12.8 Å². The van der Waals surface area contributed by atoms with Crippen molar-refractivity contribution in [2.45, 2.75) is 38.3 Å². The molecule has 19 heavy (non-hydrogen) atoms. The molecule has 1 aliphatic heterocycles. The summed E-state index contributed by atoms with van der Waals surface area (Å²) in [5.74, 6) is 0.587. The fourth-order valence-corrected chi connectivity index (χ4v) is 3.01.